The Morgan fingerprint density at radius 2 is 1.85 bits per heavy atom. The number of hydrogen-bond acceptors (Lipinski definition) is 5. The summed E-state index contributed by atoms with van der Waals surface area (Å²) < 4.78 is 15.9. The maximum Gasteiger partial charge on any atom is 0.225 e. The minimum atomic E-state index is -0.243. The second-order valence-corrected chi connectivity index (χ2v) is 8.76. The van der Waals surface area contributed by atoms with Gasteiger partial charge in [-0.2, -0.15) is 0 Å². The fourth-order valence-electron chi connectivity index (χ4n) is 4.81. The lowest BCUT2D eigenvalue weighted by atomic mass is 10.00. The summed E-state index contributed by atoms with van der Waals surface area (Å²) in [5.41, 5.74) is 5.10. The molecule has 1 fully saturated rings. The molecular weight excluding hydrogens is 415 g/mol. The van der Waals surface area contributed by atoms with E-state index in [9.17, 15) is 4.39 Å². The molecule has 170 valence electrons. The fraction of sp³-hybridized carbons (Fsp3) is 0.346. The summed E-state index contributed by atoms with van der Waals surface area (Å²) in [6.07, 6.45) is 3.99. The molecule has 0 saturated carbocycles. The van der Waals surface area contributed by atoms with E-state index in [0.29, 0.717) is 5.95 Å². The minimum Gasteiger partial charge on any atom is -0.347 e. The Balaban J connectivity index is 1.54. The zero-order valence-corrected chi connectivity index (χ0v) is 19.4. The number of rotatable bonds is 6. The van der Waals surface area contributed by atoms with E-state index in [1.807, 2.05) is 43.4 Å². The van der Waals surface area contributed by atoms with E-state index in [1.165, 1.54) is 17.6 Å². The van der Waals surface area contributed by atoms with E-state index in [0.717, 1.165) is 60.6 Å². The van der Waals surface area contributed by atoms with Gasteiger partial charge in [0, 0.05) is 32.4 Å². The summed E-state index contributed by atoms with van der Waals surface area (Å²) in [7, 11) is 3.90. The number of likely N-dealkylation sites (tertiary alicyclic amines) is 1. The molecule has 2 aromatic carbocycles. The standard InChI is InChI=1S/C26H29FN6/c1-4-33-22-9-6-5-8-21(22)29-24(33)17-32-15-7-10-23(32)25-20(16-28-26(30-25)31(2)3)18-11-13-19(27)14-12-18/h5-6,8-9,11-14,16,23H,4,7,10,15,17H2,1-3H3/t23-/m1/s1. The molecule has 0 radical (unpaired) electrons. The molecule has 6 nitrogen and oxygen atoms in total. The molecule has 1 aliphatic rings. The van der Waals surface area contributed by atoms with E-state index >= 15 is 0 Å². The average molecular weight is 445 g/mol. The summed E-state index contributed by atoms with van der Waals surface area (Å²) in [5.74, 6) is 1.52. The van der Waals surface area contributed by atoms with Crippen LogP contribution in [0, 0.1) is 5.82 Å². The molecule has 1 aliphatic heterocycles. The van der Waals surface area contributed by atoms with Crippen LogP contribution in [0.2, 0.25) is 0 Å². The number of anilines is 1. The van der Waals surface area contributed by atoms with Crippen LogP contribution in [0.3, 0.4) is 0 Å². The Labute approximate surface area is 193 Å². The average Bonchev–Trinajstić information content (AvgIpc) is 3.43. The molecule has 0 amide bonds. The first-order chi connectivity index (χ1) is 16.0. The number of fused-ring (bicyclic) bond motifs is 1. The van der Waals surface area contributed by atoms with Crippen molar-refractivity contribution in [2.45, 2.75) is 38.9 Å². The highest BCUT2D eigenvalue weighted by molar-refractivity contribution is 5.75. The molecule has 0 bridgehead atoms. The van der Waals surface area contributed by atoms with Crippen LogP contribution in [0.1, 0.15) is 37.3 Å². The SMILES string of the molecule is CCn1c(CN2CCC[C@@H]2c2nc(N(C)C)ncc2-c2ccc(F)cc2)nc2ccccc21. The molecular formula is C26H29FN6. The number of aryl methyl sites for hydroxylation is 1. The second-order valence-electron chi connectivity index (χ2n) is 8.76. The first-order valence-electron chi connectivity index (χ1n) is 11.5. The summed E-state index contributed by atoms with van der Waals surface area (Å²) in [6.45, 7) is 4.80. The lowest BCUT2D eigenvalue weighted by Gasteiger charge is -2.26. The van der Waals surface area contributed by atoms with E-state index < -0.39 is 0 Å². The van der Waals surface area contributed by atoms with Gasteiger partial charge in [-0.15, -0.1) is 0 Å². The van der Waals surface area contributed by atoms with Crippen LogP contribution in [0.15, 0.2) is 54.7 Å². The van der Waals surface area contributed by atoms with E-state index in [4.69, 9.17) is 9.97 Å². The number of imidazole rings is 1. The summed E-state index contributed by atoms with van der Waals surface area (Å²) in [6, 6.07) is 15.1. The molecule has 0 N–H and O–H groups in total. The van der Waals surface area contributed by atoms with E-state index in [1.54, 1.807) is 0 Å². The lowest BCUT2D eigenvalue weighted by Crippen LogP contribution is -2.26. The van der Waals surface area contributed by atoms with Crippen molar-refractivity contribution in [2.24, 2.45) is 0 Å². The third-order valence-corrected chi connectivity index (χ3v) is 6.43. The molecule has 0 aliphatic carbocycles. The first kappa shape index (κ1) is 21.5. The molecule has 3 heterocycles. The molecule has 2 aromatic heterocycles. The van der Waals surface area contributed by atoms with Gasteiger partial charge in [0.25, 0.3) is 0 Å². The minimum absolute atomic E-state index is 0.150. The maximum absolute atomic E-state index is 13.6. The maximum atomic E-state index is 13.6. The van der Waals surface area contributed by atoms with E-state index in [2.05, 4.69) is 39.6 Å². The molecule has 1 atom stereocenters. The van der Waals surface area contributed by atoms with Crippen LogP contribution >= 0.6 is 0 Å². The summed E-state index contributed by atoms with van der Waals surface area (Å²) in [5, 5.41) is 0. The van der Waals surface area contributed by atoms with Crippen LogP contribution in [0.4, 0.5) is 10.3 Å². The van der Waals surface area contributed by atoms with E-state index in [-0.39, 0.29) is 11.9 Å². The molecule has 0 spiro atoms. The Morgan fingerprint density at radius 3 is 2.61 bits per heavy atom. The number of benzene rings is 2. The molecule has 7 heteroatoms. The molecule has 1 saturated heterocycles. The zero-order valence-electron chi connectivity index (χ0n) is 19.4. The van der Waals surface area contributed by atoms with Crippen molar-refractivity contribution in [3.63, 3.8) is 0 Å². The van der Waals surface area contributed by atoms with Gasteiger partial charge in [0.1, 0.15) is 11.6 Å². The van der Waals surface area contributed by atoms with Crippen molar-refractivity contribution in [1.82, 2.24) is 24.4 Å². The fourth-order valence-corrected chi connectivity index (χ4v) is 4.81. The van der Waals surface area contributed by atoms with Crippen LogP contribution in [-0.2, 0) is 13.1 Å². The smallest absolute Gasteiger partial charge is 0.225 e. The van der Waals surface area contributed by atoms with Crippen molar-refractivity contribution in [1.29, 1.82) is 0 Å². The third kappa shape index (κ3) is 4.09. The zero-order chi connectivity index (χ0) is 22.9. The van der Waals surface area contributed by atoms with Gasteiger partial charge in [0.05, 0.1) is 29.3 Å². The van der Waals surface area contributed by atoms with Crippen molar-refractivity contribution in [3.05, 3.63) is 72.1 Å². The van der Waals surface area contributed by atoms with Crippen LogP contribution in [-0.4, -0.2) is 45.1 Å². The highest BCUT2D eigenvalue weighted by Gasteiger charge is 2.31. The Kier molecular flexibility index (Phi) is 5.81. The Bertz CT molecular complexity index is 1260. The lowest BCUT2D eigenvalue weighted by molar-refractivity contribution is 0.236. The number of nitrogens with zero attached hydrogens (tertiary/aromatic N) is 6. The number of para-hydroxylation sites is 2. The van der Waals surface area contributed by atoms with Crippen molar-refractivity contribution in [3.8, 4) is 11.1 Å². The van der Waals surface area contributed by atoms with Gasteiger partial charge >= 0.3 is 0 Å². The normalized spacial score (nSPS) is 16.5. The van der Waals surface area contributed by atoms with Gasteiger partial charge in [-0.3, -0.25) is 4.90 Å². The Morgan fingerprint density at radius 1 is 1.06 bits per heavy atom. The van der Waals surface area contributed by atoms with Gasteiger partial charge in [0.2, 0.25) is 5.95 Å². The highest BCUT2D eigenvalue weighted by Crippen LogP contribution is 2.38. The number of aromatic nitrogens is 4. The third-order valence-electron chi connectivity index (χ3n) is 6.43. The largest absolute Gasteiger partial charge is 0.347 e. The monoisotopic (exact) mass is 444 g/mol. The van der Waals surface area contributed by atoms with Gasteiger partial charge in [-0.25, -0.2) is 19.3 Å². The highest BCUT2D eigenvalue weighted by atomic mass is 19.1. The second kappa shape index (κ2) is 8.90. The summed E-state index contributed by atoms with van der Waals surface area (Å²) in [4.78, 5) is 18.9. The molecule has 33 heavy (non-hydrogen) atoms. The first-order valence-corrected chi connectivity index (χ1v) is 11.5. The van der Waals surface area contributed by atoms with Crippen LogP contribution in [0.5, 0.6) is 0 Å². The molecule has 0 unspecified atom stereocenters. The summed E-state index contributed by atoms with van der Waals surface area (Å²) >= 11 is 0. The quantitative estimate of drug-likeness (QED) is 0.416. The van der Waals surface area contributed by atoms with Crippen molar-refractivity contribution in [2.75, 3.05) is 25.5 Å². The van der Waals surface area contributed by atoms with Crippen LogP contribution in [0.25, 0.3) is 22.2 Å². The Hall–Kier alpha value is -3.32. The van der Waals surface area contributed by atoms with Gasteiger partial charge in [-0.1, -0.05) is 24.3 Å². The number of halogens is 1. The van der Waals surface area contributed by atoms with Gasteiger partial charge in [0.15, 0.2) is 0 Å². The van der Waals surface area contributed by atoms with Gasteiger partial charge < -0.3 is 9.47 Å². The van der Waals surface area contributed by atoms with Crippen LogP contribution < -0.4 is 4.90 Å². The predicted octanol–water partition coefficient (Wildman–Crippen LogP) is 5.06. The topological polar surface area (TPSA) is 50.1 Å². The molecule has 5 rings (SSSR count). The van der Waals surface area contributed by atoms with Crippen molar-refractivity contribution >= 4 is 17.0 Å². The number of hydrogen-bond donors (Lipinski definition) is 0. The predicted molar refractivity (Wildman–Crippen MR) is 130 cm³/mol. The van der Waals surface area contributed by atoms with Gasteiger partial charge in [-0.05, 0) is 56.1 Å². The van der Waals surface area contributed by atoms with Crippen molar-refractivity contribution < 1.29 is 4.39 Å². The molecule has 4 aromatic rings.